The van der Waals surface area contributed by atoms with Gasteiger partial charge in [0, 0.05) is 24.5 Å². The summed E-state index contributed by atoms with van der Waals surface area (Å²) in [6.07, 6.45) is 0. The van der Waals surface area contributed by atoms with Crippen LogP contribution < -0.4 is 19.7 Å². The fourth-order valence-electron chi connectivity index (χ4n) is 3.03. The van der Waals surface area contributed by atoms with Crippen molar-refractivity contribution in [2.45, 2.75) is 13.8 Å². The van der Waals surface area contributed by atoms with E-state index in [2.05, 4.69) is 5.32 Å². The number of rotatable bonds is 8. The molecule has 1 aliphatic heterocycles. The molecule has 2 aromatic carbocycles. The van der Waals surface area contributed by atoms with E-state index in [9.17, 15) is 9.59 Å². The summed E-state index contributed by atoms with van der Waals surface area (Å²) in [7, 11) is 0. The Morgan fingerprint density at radius 3 is 2.07 bits per heavy atom. The average molecular weight is 383 g/mol. The third-order valence-electron chi connectivity index (χ3n) is 4.34. The van der Waals surface area contributed by atoms with Crippen LogP contribution in [0.2, 0.25) is 0 Å². The first-order valence-electron chi connectivity index (χ1n) is 9.42. The van der Waals surface area contributed by atoms with Crippen LogP contribution in [0.1, 0.15) is 13.8 Å². The van der Waals surface area contributed by atoms with E-state index in [-0.39, 0.29) is 18.5 Å². The summed E-state index contributed by atoms with van der Waals surface area (Å²) >= 11 is 0. The highest BCUT2D eigenvalue weighted by Gasteiger charge is 2.30. The molecule has 3 rings (SSSR count). The van der Waals surface area contributed by atoms with Crippen LogP contribution in [0.4, 0.5) is 16.2 Å². The first-order chi connectivity index (χ1) is 13.6. The second-order valence-electron chi connectivity index (χ2n) is 6.29. The van der Waals surface area contributed by atoms with Crippen LogP contribution in [-0.4, -0.2) is 49.7 Å². The Kier molecular flexibility index (Phi) is 6.37. The van der Waals surface area contributed by atoms with E-state index in [1.807, 2.05) is 38.1 Å². The Morgan fingerprint density at radius 1 is 0.929 bits per heavy atom. The molecule has 1 saturated heterocycles. The van der Waals surface area contributed by atoms with Gasteiger partial charge >= 0.3 is 6.03 Å². The van der Waals surface area contributed by atoms with Crippen molar-refractivity contribution in [1.29, 1.82) is 0 Å². The topological polar surface area (TPSA) is 71.1 Å². The number of benzene rings is 2. The lowest BCUT2D eigenvalue weighted by Gasteiger charge is -2.19. The minimum Gasteiger partial charge on any atom is -0.494 e. The zero-order chi connectivity index (χ0) is 19.9. The molecule has 1 heterocycles. The number of hydrogen-bond donors (Lipinski definition) is 1. The van der Waals surface area contributed by atoms with Crippen LogP contribution in [0.15, 0.2) is 48.5 Å². The van der Waals surface area contributed by atoms with Gasteiger partial charge in [-0.2, -0.15) is 0 Å². The van der Waals surface area contributed by atoms with E-state index < -0.39 is 0 Å². The molecule has 28 heavy (non-hydrogen) atoms. The smallest absolute Gasteiger partial charge is 0.325 e. The maximum absolute atomic E-state index is 12.6. The average Bonchev–Trinajstić information content (AvgIpc) is 3.05. The van der Waals surface area contributed by atoms with Gasteiger partial charge in [-0.1, -0.05) is 0 Å². The number of carbonyl (C=O) groups excluding carboxylic acids is 2. The van der Waals surface area contributed by atoms with Gasteiger partial charge in [-0.05, 0) is 62.4 Å². The summed E-state index contributed by atoms with van der Waals surface area (Å²) in [6, 6.07) is 14.4. The van der Waals surface area contributed by atoms with E-state index in [1.54, 1.807) is 34.1 Å². The fraction of sp³-hybridized carbons (Fsp3) is 0.333. The molecule has 0 bridgehead atoms. The normalized spacial score (nSPS) is 13.6. The van der Waals surface area contributed by atoms with Gasteiger partial charge in [-0.15, -0.1) is 0 Å². The van der Waals surface area contributed by atoms with Crippen molar-refractivity contribution in [3.63, 3.8) is 0 Å². The van der Waals surface area contributed by atoms with E-state index in [4.69, 9.17) is 9.47 Å². The van der Waals surface area contributed by atoms with Crippen molar-refractivity contribution in [2.75, 3.05) is 43.1 Å². The van der Waals surface area contributed by atoms with Gasteiger partial charge in [0.2, 0.25) is 5.91 Å². The van der Waals surface area contributed by atoms with Gasteiger partial charge in [-0.3, -0.25) is 9.69 Å². The standard InChI is InChI=1S/C21H25N3O4/c1-3-27-18-9-5-16(6-10-18)22-20(25)15-23-13-14-24(21(23)26)17-7-11-19(12-8-17)28-4-2/h5-12H,3-4,13-15H2,1-2H3,(H,22,25). The molecule has 1 fully saturated rings. The molecule has 0 saturated carbocycles. The lowest BCUT2D eigenvalue weighted by molar-refractivity contribution is -0.116. The quantitative estimate of drug-likeness (QED) is 0.759. The molecule has 2 aromatic rings. The highest BCUT2D eigenvalue weighted by Crippen LogP contribution is 2.23. The first kappa shape index (κ1) is 19.5. The molecule has 1 N–H and O–H groups in total. The maximum Gasteiger partial charge on any atom is 0.325 e. The second-order valence-corrected chi connectivity index (χ2v) is 6.29. The van der Waals surface area contributed by atoms with Crippen LogP contribution in [0.5, 0.6) is 11.5 Å². The van der Waals surface area contributed by atoms with Gasteiger partial charge in [0.15, 0.2) is 0 Å². The Balaban J connectivity index is 1.54. The summed E-state index contributed by atoms with van der Waals surface area (Å²) in [4.78, 5) is 28.2. The van der Waals surface area contributed by atoms with E-state index in [1.165, 1.54) is 0 Å². The van der Waals surface area contributed by atoms with Crippen LogP contribution >= 0.6 is 0 Å². The van der Waals surface area contributed by atoms with Crippen molar-refractivity contribution >= 4 is 23.3 Å². The summed E-state index contributed by atoms with van der Waals surface area (Å²) in [5.74, 6) is 1.29. The number of nitrogens with zero attached hydrogens (tertiary/aromatic N) is 2. The second kappa shape index (κ2) is 9.12. The van der Waals surface area contributed by atoms with E-state index in [0.29, 0.717) is 32.0 Å². The number of ether oxygens (including phenoxy) is 2. The predicted octanol–water partition coefficient (Wildman–Crippen LogP) is 3.36. The summed E-state index contributed by atoms with van der Waals surface area (Å²) in [6.45, 7) is 6.09. The molecule has 0 spiro atoms. The molecular formula is C21H25N3O4. The van der Waals surface area contributed by atoms with Crippen LogP contribution in [-0.2, 0) is 4.79 Å². The highest BCUT2D eigenvalue weighted by molar-refractivity contribution is 5.99. The summed E-state index contributed by atoms with van der Waals surface area (Å²) < 4.78 is 10.8. The minimum atomic E-state index is -0.231. The van der Waals surface area contributed by atoms with Crippen molar-refractivity contribution < 1.29 is 19.1 Å². The predicted molar refractivity (Wildman–Crippen MR) is 108 cm³/mol. The molecule has 0 atom stereocenters. The molecule has 0 unspecified atom stereocenters. The summed E-state index contributed by atoms with van der Waals surface area (Å²) in [5.41, 5.74) is 1.46. The zero-order valence-electron chi connectivity index (χ0n) is 16.2. The molecule has 0 radical (unpaired) electrons. The molecule has 7 heteroatoms. The molecule has 7 nitrogen and oxygen atoms in total. The van der Waals surface area contributed by atoms with Crippen molar-refractivity contribution in [3.05, 3.63) is 48.5 Å². The van der Waals surface area contributed by atoms with Crippen molar-refractivity contribution in [3.8, 4) is 11.5 Å². The molecule has 3 amide bonds. The van der Waals surface area contributed by atoms with Crippen LogP contribution in [0.3, 0.4) is 0 Å². The minimum absolute atomic E-state index is 0.0135. The molecule has 148 valence electrons. The van der Waals surface area contributed by atoms with Gasteiger partial charge in [0.1, 0.15) is 18.0 Å². The number of carbonyl (C=O) groups is 2. The molecule has 0 aromatic heterocycles. The molecular weight excluding hydrogens is 358 g/mol. The largest absolute Gasteiger partial charge is 0.494 e. The number of amides is 3. The maximum atomic E-state index is 12.6. The van der Waals surface area contributed by atoms with Crippen LogP contribution in [0.25, 0.3) is 0 Å². The van der Waals surface area contributed by atoms with Gasteiger partial charge in [0.05, 0.1) is 13.2 Å². The third kappa shape index (κ3) is 4.73. The highest BCUT2D eigenvalue weighted by atomic mass is 16.5. The number of anilines is 2. The Bertz CT molecular complexity index is 805. The van der Waals surface area contributed by atoms with E-state index in [0.717, 1.165) is 17.2 Å². The Hall–Kier alpha value is -3.22. The lowest BCUT2D eigenvalue weighted by Crippen LogP contribution is -2.37. The Morgan fingerprint density at radius 2 is 1.50 bits per heavy atom. The Labute approximate surface area is 164 Å². The lowest BCUT2D eigenvalue weighted by atomic mass is 10.3. The zero-order valence-corrected chi connectivity index (χ0v) is 16.2. The van der Waals surface area contributed by atoms with Crippen molar-refractivity contribution in [2.24, 2.45) is 0 Å². The van der Waals surface area contributed by atoms with Crippen LogP contribution in [0, 0.1) is 0 Å². The van der Waals surface area contributed by atoms with Crippen molar-refractivity contribution in [1.82, 2.24) is 4.90 Å². The number of hydrogen-bond acceptors (Lipinski definition) is 4. The van der Waals surface area contributed by atoms with E-state index >= 15 is 0 Å². The molecule has 0 aliphatic carbocycles. The molecule has 1 aliphatic rings. The third-order valence-corrected chi connectivity index (χ3v) is 4.34. The summed E-state index contributed by atoms with van der Waals surface area (Å²) in [5, 5.41) is 2.81. The van der Waals surface area contributed by atoms with Gasteiger partial charge in [0.25, 0.3) is 0 Å². The monoisotopic (exact) mass is 383 g/mol. The fourth-order valence-corrected chi connectivity index (χ4v) is 3.03. The SMILES string of the molecule is CCOc1ccc(NC(=O)CN2CCN(c3ccc(OCC)cc3)C2=O)cc1. The number of nitrogens with one attached hydrogen (secondary N) is 1. The van der Waals surface area contributed by atoms with Gasteiger partial charge < -0.3 is 19.7 Å². The number of urea groups is 1. The first-order valence-corrected chi connectivity index (χ1v) is 9.42. The van der Waals surface area contributed by atoms with Gasteiger partial charge in [-0.25, -0.2) is 4.79 Å².